The summed E-state index contributed by atoms with van der Waals surface area (Å²) in [5.41, 5.74) is 0. The van der Waals surface area contributed by atoms with Gasteiger partial charge in [-0.1, -0.05) is 32.1 Å². The summed E-state index contributed by atoms with van der Waals surface area (Å²) in [5, 5.41) is 26.2. The summed E-state index contributed by atoms with van der Waals surface area (Å²) in [4.78, 5) is 48.8. The van der Waals surface area contributed by atoms with Crippen molar-refractivity contribution in [3.8, 4) is 0 Å². The van der Waals surface area contributed by atoms with Crippen LogP contribution in [0.3, 0.4) is 0 Å². The molecule has 0 unspecified atom stereocenters. The van der Waals surface area contributed by atoms with E-state index in [4.69, 9.17) is 5.11 Å². The number of carbonyl (C=O) groups is 4. The van der Waals surface area contributed by atoms with E-state index in [1.165, 1.54) is 11.9 Å². The molecule has 0 aromatic heterocycles. The van der Waals surface area contributed by atoms with Crippen molar-refractivity contribution >= 4 is 23.8 Å². The number of carbonyl (C=O) groups excluding carboxylic acids is 3. The molecule has 10 nitrogen and oxygen atoms in total. The van der Waals surface area contributed by atoms with E-state index in [0.717, 1.165) is 32.1 Å². The standard InChI is InChI=1S/C20H36N4O6/c1-3-21-17(26)12-24(2)18(27)10-9-15(13-25)22-19(28)16(23-20(29)30)11-14-7-5-4-6-8-14/h14-16,23,25H,3-13H2,1-2H3,(H,21,26)(H,22,28)(H,29,30)/t15-,16-/m0/s1. The first-order valence-corrected chi connectivity index (χ1v) is 10.7. The van der Waals surface area contributed by atoms with Crippen LogP contribution in [0.25, 0.3) is 0 Å². The molecule has 1 fully saturated rings. The lowest BCUT2D eigenvalue weighted by molar-refractivity contribution is -0.135. The van der Waals surface area contributed by atoms with E-state index in [0.29, 0.717) is 18.9 Å². The lowest BCUT2D eigenvalue weighted by Crippen LogP contribution is -2.51. The van der Waals surface area contributed by atoms with E-state index < -0.39 is 24.1 Å². The first-order chi connectivity index (χ1) is 14.3. The summed E-state index contributed by atoms with van der Waals surface area (Å²) in [6.07, 6.45) is 4.65. The number of nitrogens with zero attached hydrogens (tertiary/aromatic N) is 1. The first-order valence-electron chi connectivity index (χ1n) is 10.7. The number of aliphatic hydroxyl groups is 1. The number of hydrogen-bond acceptors (Lipinski definition) is 5. The average molecular weight is 429 g/mol. The molecule has 1 aliphatic rings. The zero-order valence-corrected chi connectivity index (χ0v) is 18.0. The van der Waals surface area contributed by atoms with Crippen molar-refractivity contribution in [3.63, 3.8) is 0 Å². The molecule has 0 saturated heterocycles. The molecule has 1 rings (SSSR count). The molecule has 0 bridgehead atoms. The maximum absolute atomic E-state index is 12.6. The van der Waals surface area contributed by atoms with Crippen molar-refractivity contribution in [2.24, 2.45) is 5.92 Å². The van der Waals surface area contributed by atoms with Crippen LogP contribution in [0.5, 0.6) is 0 Å². The zero-order valence-electron chi connectivity index (χ0n) is 18.0. The Morgan fingerprint density at radius 3 is 2.33 bits per heavy atom. The van der Waals surface area contributed by atoms with E-state index in [2.05, 4.69) is 16.0 Å². The minimum absolute atomic E-state index is 0.0427. The van der Waals surface area contributed by atoms with Gasteiger partial charge in [-0.2, -0.15) is 0 Å². The van der Waals surface area contributed by atoms with Crippen molar-refractivity contribution in [1.82, 2.24) is 20.9 Å². The van der Waals surface area contributed by atoms with Gasteiger partial charge >= 0.3 is 6.09 Å². The van der Waals surface area contributed by atoms with Crippen LogP contribution in [-0.4, -0.2) is 77.8 Å². The van der Waals surface area contributed by atoms with Gasteiger partial charge in [-0.15, -0.1) is 0 Å². The summed E-state index contributed by atoms with van der Waals surface area (Å²) in [5.74, 6) is -0.745. The smallest absolute Gasteiger partial charge is 0.405 e. The van der Waals surface area contributed by atoms with Gasteiger partial charge in [-0.05, 0) is 25.7 Å². The number of likely N-dealkylation sites (N-methyl/N-ethyl adjacent to an activating group) is 2. The van der Waals surface area contributed by atoms with Crippen LogP contribution < -0.4 is 16.0 Å². The number of amides is 4. The topological polar surface area (TPSA) is 148 Å². The van der Waals surface area contributed by atoms with Crippen LogP contribution >= 0.6 is 0 Å². The Bertz CT molecular complexity index is 580. The molecule has 0 heterocycles. The second kappa shape index (κ2) is 13.8. The van der Waals surface area contributed by atoms with Gasteiger partial charge in [0.1, 0.15) is 6.04 Å². The van der Waals surface area contributed by atoms with Crippen LogP contribution in [0, 0.1) is 5.92 Å². The summed E-state index contributed by atoms with van der Waals surface area (Å²) < 4.78 is 0. The summed E-state index contributed by atoms with van der Waals surface area (Å²) in [6, 6.07) is -1.57. The van der Waals surface area contributed by atoms with Crippen LogP contribution in [0.2, 0.25) is 0 Å². The van der Waals surface area contributed by atoms with E-state index in [1.807, 2.05) is 0 Å². The molecule has 1 saturated carbocycles. The first kappa shape index (κ1) is 25.7. The molecule has 5 N–H and O–H groups in total. The molecule has 2 atom stereocenters. The number of aliphatic hydroxyl groups excluding tert-OH is 1. The fraction of sp³-hybridized carbons (Fsp3) is 0.800. The molecular formula is C20H36N4O6. The van der Waals surface area contributed by atoms with Crippen LogP contribution in [0.15, 0.2) is 0 Å². The van der Waals surface area contributed by atoms with Crippen molar-refractivity contribution in [1.29, 1.82) is 0 Å². The van der Waals surface area contributed by atoms with Gasteiger partial charge in [0.25, 0.3) is 0 Å². The maximum Gasteiger partial charge on any atom is 0.405 e. The Morgan fingerprint density at radius 2 is 1.77 bits per heavy atom. The average Bonchev–Trinajstić information content (AvgIpc) is 2.70. The summed E-state index contributed by atoms with van der Waals surface area (Å²) in [6.45, 7) is 1.83. The third kappa shape index (κ3) is 9.91. The number of nitrogens with one attached hydrogen (secondary N) is 3. The SMILES string of the molecule is CCNC(=O)CN(C)C(=O)CC[C@@H](CO)NC(=O)[C@H](CC1CCCCC1)NC(=O)O. The van der Waals surface area contributed by atoms with Gasteiger partial charge in [0.2, 0.25) is 17.7 Å². The maximum atomic E-state index is 12.6. The molecule has 4 amide bonds. The Kier molecular flexibility index (Phi) is 11.8. The minimum atomic E-state index is -1.27. The van der Waals surface area contributed by atoms with Gasteiger partial charge < -0.3 is 31.1 Å². The Labute approximate surface area is 177 Å². The molecule has 172 valence electrons. The highest BCUT2D eigenvalue weighted by Crippen LogP contribution is 2.27. The third-order valence-electron chi connectivity index (χ3n) is 5.36. The summed E-state index contributed by atoms with van der Waals surface area (Å²) in [7, 11) is 1.51. The van der Waals surface area contributed by atoms with E-state index in [9.17, 15) is 24.3 Å². The lowest BCUT2D eigenvalue weighted by Gasteiger charge is -2.27. The third-order valence-corrected chi connectivity index (χ3v) is 5.36. The molecule has 0 aromatic rings. The normalized spacial score (nSPS) is 16.2. The second-order valence-corrected chi connectivity index (χ2v) is 7.87. The van der Waals surface area contributed by atoms with E-state index in [1.54, 1.807) is 6.92 Å². The monoisotopic (exact) mass is 428 g/mol. The molecular weight excluding hydrogens is 392 g/mol. The predicted molar refractivity (Wildman–Crippen MR) is 111 cm³/mol. The van der Waals surface area contributed by atoms with Crippen molar-refractivity contribution < 1.29 is 29.4 Å². The highest BCUT2D eigenvalue weighted by atomic mass is 16.4. The lowest BCUT2D eigenvalue weighted by atomic mass is 9.84. The highest BCUT2D eigenvalue weighted by Gasteiger charge is 2.27. The second-order valence-electron chi connectivity index (χ2n) is 7.87. The number of hydrogen-bond donors (Lipinski definition) is 5. The van der Waals surface area contributed by atoms with Gasteiger partial charge in [-0.3, -0.25) is 14.4 Å². The fourth-order valence-electron chi connectivity index (χ4n) is 3.69. The van der Waals surface area contributed by atoms with Crippen LogP contribution in [0.1, 0.15) is 58.3 Å². The van der Waals surface area contributed by atoms with Crippen LogP contribution in [-0.2, 0) is 14.4 Å². The van der Waals surface area contributed by atoms with Crippen molar-refractivity contribution in [2.75, 3.05) is 26.7 Å². The molecule has 0 radical (unpaired) electrons. The highest BCUT2D eigenvalue weighted by molar-refractivity contribution is 5.86. The van der Waals surface area contributed by atoms with Gasteiger partial charge in [0.15, 0.2) is 0 Å². The zero-order chi connectivity index (χ0) is 22.5. The molecule has 0 spiro atoms. The largest absolute Gasteiger partial charge is 0.465 e. The van der Waals surface area contributed by atoms with Crippen molar-refractivity contribution in [3.05, 3.63) is 0 Å². The van der Waals surface area contributed by atoms with Gasteiger partial charge in [0.05, 0.1) is 19.2 Å². The summed E-state index contributed by atoms with van der Waals surface area (Å²) >= 11 is 0. The molecule has 10 heteroatoms. The van der Waals surface area contributed by atoms with Gasteiger partial charge in [-0.25, -0.2) is 4.79 Å². The van der Waals surface area contributed by atoms with Crippen molar-refractivity contribution in [2.45, 2.75) is 70.4 Å². The molecule has 0 aromatic carbocycles. The molecule has 30 heavy (non-hydrogen) atoms. The molecule has 0 aliphatic heterocycles. The predicted octanol–water partition coefficient (Wildman–Crippen LogP) is 0.445. The fourth-order valence-corrected chi connectivity index (χ4v) is 3.69. The van der Waals surface area contributed by atoms with Gasteiger partial charge in [0, 0.05) is 20.0 Å². The van der Waals surface area contributed by atoms with E-state index in [-0.39, 0.29) is 37.8 Å². The Hall–Kier alpha value is -2.36. The number of carboxylic acid groups (broad SMARTS) is 1. The molecule has 1 aliphatic carbocycles. The number of rotatable bonds is 12. The quantitative estimate of drug-likeness (QED) is 0.305. The van der Waals surface area contributed by atoms with Crippen LogP contribution in [0.4, 0.5) is 4.79 Å². The Balaban J connectivity index is 2.55. The minimum Gasteiger partial charge on any atom is -0.465 e. The van der Waals surface area contributed by atoms with E-state index >= 15 is 0 Å². The Morgan fingerprint density at radius 1 is 1.10 bits per heavy atom.